The van der Waals surface area contributed by atoms with Crippen LogP contribution in [0.15, 0.2) is 48.8 Å². The number of benzene rings is 2. The molecule has 0 N–H and O–H groups in total. The third-order valence-corrected chi connectivity index (χ3v) is 5.83. The van der Waals surface area contributed by atoms with E-state index in [1.165, 1.54) is 18.3 Å². The molecule has 1 heterocycles. The molecule has 1 amide bonds. The number of methoxy groups -OCH3 is 2. The van der Waals surface area contributed by atoms with Gasteiger partial charge in [-0.1, -0.05) is 23.7 Å². The normalized spacial score (nSPS) is 10.8. The molecule has 0 spiro atoms. The fourth-order valence-corrected chi connectivity index (χ4v) is 3.65. The summed E-state index contributed by atoms with van der Waals surface area (Å²) in [5.74, 6) is 2.16. The molecule has 0 saturated carbocycles. The van der Waals surface area contributed by atoms with E-state index in [1.54, 1.807) is 26.3 Å². The minimum atomic E-state index is -0.178. The van der Waals surface area contributed by atoms with Crippen LogP contribution in [0.1, 0.15) is 16.8 Å². The fraction of sp³-hybridized carbons (Fsp3) is 0.346. The number of aromatic nitrogens is 2. The van der Waals surface area contributed by atoms with Gasteiger partial charge in [-0.2, -0.15) is 0 Å². The Bertz CT molecular complexity index is 1160. The zero-order valence-corrected chi connectivity index (χ0v) is 21.5. The Morgan fingerprint density at radius 1 is 1.00 bits per heavy atom. The number of anilines is 1. The molecule has 2 aromatic carbocycles. The highest BCUT2D eigenvalue weighted by molar-refractivity contribution is 6.33. The van der Waals surface area contributed by atoms with Gasteiger partial charge in [0, 0.05) is 32.1 Å². The fourth-order valence-electron chi connectivity index (χ4n) is 3.40. The molecule has 186 valence electrons. The lowest BCUT2D eigenvalue weighted by molar-refractivity contribution is -0.117. The van der Waals surface area contributed by atoms with Crippen LogP contribution < -0.4 is 19.1 Å². The van der Waals surface area contributed by atoms with Gasteiger partial charge in [0.2, 0.25) is 5.91 Å². The second kappa shape index (κ2) is 12.4. The standard InChI is InChI=1S/C26H31ClN4O4/c1-30(2)9-10-35-21-8-6-7-18(12-21)11-20-15-24(29-17-28-20)31(3)25(32)14-19-13-22(33-4)16-23(34-5)26(19)27/h6-8,12-13,15-17H,9-11,14H2,1-5H3. The first-order valence-electron chi connectivity index (χ1n) is 11.1. The van der Waals surface area contributed by atoms with E-state index in [1.807, 2.05) is 44.4 Å². The summed E-state index contributed by atoms with van der Waals surface area (Å²) in [5, 5.41) is 0.381. The molecule has 35 heavy (non-hydrogen) atoms. The van der Waals surface area contributed by atoms with E-state index in [9.17, 15) is 4.79 Å². The van der Waals surface area contributed by atoms with Crippen LogP contribution in [-0.4, -0.2) is 69.3 Å². The Balaban J connectivity index is 1.70. The Hall–Kier alpha value is -3.36. The van der Waals surface area contributed by atoms with Crippen molar-refractivity contribution in [2.24, 2.45) is 0 Å². The van der Waals surface area contributed by atoms with E-state index in [4.69, 9.17) is 25.8 Å². The van der Waals surface area contributed by atoms with Crippen molar-refractivity contribution >= 4 is 23.3 Å². The van der Waals surface area contributed by atoms with E-state index >= 15 is 0 Å². The van der Waals surface area contributed by atoms with Crippen molar-refractivity contribution in [3.63, 3.8) is 0 Å². The number of hydrogen-bond acceptors (Lipinski definition) is 7. The van der Waals surface area contributed by atoms with Gasteiger partial charge in [0.1, 0.15) is 36.0 Å². The summed E-state index contributed by atoms with van der Waals surface area (Å²) in [6, 6.07) is 13.2. The first-order chi connectivity index (χ1) is 16.8. The molecular formula is C26H31ClN4O4. The number of carbonyl (C=O) groups excluding carboxylic acids is 1. The lowest BCUT2D eigenvalue weighted by Crippen LogP contribution is -2.29. The molecule has 0 saturated heterocycles. The van der Waals surface area contributed by atoms with Gasteiger partial charge in [-0.05, 0) is 43.4 Å². The molecular weight excluding hydrogens is 468 g/mol. The summed E-state index contributed by atoms with van der Waals surface area (Å²) < 4.78 is 16.4. The molecule has 0 radical (unpaired) electrons. The van der Waals surface area contributed by atoms with Crippen LogP contribution in [0.5, 0.6) is 17.2 Å². The molecule has 0 aliphatic heterocycles. The zero-order chi connectivity index (χ0) is 25.4. The SMILES string of the molecule is COc1cc(CC(=O)N(C)c2cc(Cc3cccc(OCCN(C)C)c3)ncn2)c(Cl)c(OC)c1. The molecule has 0 atom stereocenters. The van der Waals surface area contributed by atoms with Crippen molar-refractivity contribution in [2.45, 2.75) is 12.8 Å². The monoisotopic (exact) mass is 498 g/mol. The lowest BCUT2D eigenvalue weighted by Gasteiger charge is -2.18. The highest BCUT2D eigenvalue weighted by Crippen LogP contribution is 2.33. The number of rotatable bonds is 11. The van der Waals surface area contributed by atoms with Crippen LogP contribution in [0, 0.1) is 0 Å². The number of hydrogen-bond donors (Lipinski definition) is 0. The van der Waals surface area contributed by atoms with Crippen LogP contribution in [0.25, 0.3) is 0 Å². The third-order valence-electron chi connectivity index (χ3n) is 5.40. The van der Waals surface area contributed by atoms with Gasteiger partial charge in [0.05, 0.1) is 31.4 Å². The molecule has 0 bridgehead atoms. The van der Waals surface area contributed by atoms with Gasteiger partial charge < -0.3 is 19.1 Å². The van der Waals surface area contributed by atoms with Gasteiger partial charge in [-0.15, -0.1) is 0 Å². The van der Waals surface area contributed by atoms with E-state index in [-0.39, 0.29) is 12.3 Å². The number of halogens is 1. The predicted octanol–water partition coefficient (Wildman–Crippen LogP) is 3.88. The van der Waals surface area contributed by atoms with Crippen LogP contribution >= 0.6 is 11.6 Å². The number of amides is 1. The van der Waals surface area contributed by atoms with Gasteiger partial charge in [0.25, 0.3) is 0 Å². The Labute approximate surface area is 211 Å². The number of ether oxygens (including phenoxy) is 3. The molecule has 0 unspecified atom stereocenters. The largest absolute Gasteiger partial charge is 0.497 e. The summed E-state index contributed by atoms with van der Waals surface area (Å²) in [6.45, 7) is 1.46. The second-order valence-corrected chi connectivity index (χ2v) is 8.65. The number of likely N-dealkylation sites (N-methyl/N-ethyl adjacent to an activating group) is 2. The predicted molar refractivity (Wildman–Crippen MR) is 137 cm³/mol. The van der Waals surface area contributed by atoms with E-state index in [2.05, 4.69) is 14.9 Å². The quantitative estimate of drug-likeness (QED) is 0.397. The smallest absolute Gasteiger partial charge is 0.232 e. The number of nitrogens with zero attached hydrogens (tertiary/aromatic N) is 4. The molecule has 9 heteroatoms. The van der Waals surface area contributed by atoms with Gasteiger partial charge >= 0.3 is 0 Å². The second-order valence-electron chi connectivity index (χ2n) is 8.28. The highest BCUT2D eigenvalue weighted by atomic mass is 35.5. The summed E-state index contributed by atoms with van der Waals surface area (Å²) in [5.41, 5.74) is 2.46. The first-order valence-corrected chi connectivity index (χ1v) is 11.5. The molecule has 0 fully saturated rings. The third kappa shape index (κ3) is 7.31. The van der Waals surface area contributed by atoms with Crippen LogP contribution in [0.2, 0.25) is 5.02 Å². The maximum atomic E-state index is 13.0. The van der Waals surface area contributed by atoms with Crippen molar-refractivity contribution in [2.75, 3.05) is 53.4 Å². The molecule has 3 rings (SSSR count). The molecule has 8 nitrogen and oxygen atoms in total. The van der Waals surface area contributed by atoms with Crippen LogP contribution in [0.3, 0.4) is 0 Å². The lowest BCUT2D eigenvalue weighted by atomic mass is 10.1. The Morgan fingerprint density at radius 3 is 2.51 bits per heavy atom. The van der Waals surface area contributed by atoms with Crippen molar-refractivity contribution < 1.29 is 19.0 Å². The molecule has 0 aliphatic rings. The molecule has 0 aliphatic carbocycles. The summed E-state index contributed by atoms with van der Waals surface area (Å²) in [4.78, 5) is 25.3. The topological polar surface area (TPSA) is 77.0 Å². The summed E-state index contributed by atoms with van der Waals surface area (Å²) in [7, 11) is 8.77. The van der Waals surface area contributed by atoms with Gasteiger partial charge in [-0.25, -0.2) is 9.97 Å². The summed E-state index contributed by atoms with van der Waals surface area (Å²) >= 11 is 6.42. The van der Waals surface area contributed by atoms with Crippen molar-refractivity contribution in [3.8, 4) is 17.2 Å². The molecule has 3 aromatic rings. The highest BCUT2D eigenvalue weighted by Gasteiger charge is 2.18. The maximum Gasteiger partial charge on any atom is 0.232 e. The molecule has 1 aromatic heterocycles. The minimum absolute atomic E-state index is 0.0640. The van der Waals surface area contributed by atoms with E-state index in [0.29, 0.717) is 40.9 Å². The Morgan fingerprint density at radius 2 is 1.80 bits per heavy atom. The van der Waals surface area contributed by atoms with Crippen molar-refractivity contribution in [3.05, 3.63) is 70.6 Å². The van der Waals surface area contributed by atoms with E-state index in [0.717, 1.165) is 23.6 Å². The summed E-state index contributed by atoms with van der Waals surface area (Å²) in [6.07, 6.45) is 2.11. The van der Waals surface area contributed by atoms with Crippen molar-refractivity contribution in [1.29, 1.82) is 0 Å². The zero-order valence-electron chi connectivity index (χ0n) is 20.7. The maximum absolute atomic E-state index is 13.0. The van der Waals surface area contributed by atoms with Crippen LogP contribution in [-0.2, 0) is 17.6 Å². The average Bonchev–Trinajstić information content (AvgIpc) is 2.85. The Kier molecular flexibility index (Phi) is 9.28. The minimum Gasteiger partial charge on any atom is -0.497 e. The van der Waals surface area contributed by atoms with Gasteiger partial charge in [-0.3, -0.25) is 9.69 Å². The van der Waals surface area contributed by atoms with Crippen molar-refractivity contribution in [1.82, 2.24) is 14.9 Å². The number of carbonyl (C=O) groups is 1. The first kappa shape index (κ1) is 26.2. The van der Waals surface area contributed by atoms with Gasteiger partial charge in [0.15, 0.2) is 0 Å². The van der Waals surface area contributed by atoms with Crippen LogP contribution in [0.4, 0.5) is 5.82 Å². The average molecular weight is 499 g/mol. The van der Waals surface area contributed by atoms with E-state index < -0.39 is 0 Å².